The second-order valence-electron chi connectivity index (χ2n) is 3.18. The average molecular weight is 204 g/mol. The Morgan fingerprint density at radius 2 is 2.50 bits per heavy atom. The number of aliphatic hydroxyl groups excluding tert-OH is 1. The number of aliphatic hydroxyl groups is 1. The van der Waals surface area contributed by atoms with Crippen LogP contribution in [0.4, 0.5) is 0 Å². The highest BCUT2D eigenvalue weighted by Gasteiger charge is 2.15. The molecule has 1 fully saturated rings. The van der Waals surface area contributed by atoms with E-state index in [1.165, 1.54) is 0 Å². The Kier molecular flexibility index (Phi) is 4.81. The number of carbonyl (C=O) groups is 1. The first-order valence-electron chi connectivity index (χ1n) is 4.57. The van der Waals surface area contributed by atoms with E-state index in [9.17, 15) is 4.79 Å². The normalized spacial score (nSPS) is 24.5. The lowest BCUT2D eigenvalue weighted by Gasteiger charge is -2.23. The fourth-order valence-corrected chi connectivity index (χ4v) is 1.14. The summed E-state index contributed by atoms with van der Waals surface area (Å²) in [4.78, 5) is 10.5. The van der Waals surface area contributed by atoms with Gasteiger partial charge >= 0.3 is 0 Å². The zero-order valence-electron chi connectivity index (χ0n) is 7.94. The van der Waals surface area contributed by atoms with E-state index < -0.39 is 12.0 Å². The lowest BCUT2D eigenvalue weighted by atomic mass is 10.2. The lowest BCUT2D eigenvalue weighted by Crippen LogP contribution is -2.41. The molecule has 0 aromatic heterocycles. The molecule has 1 aliphatic heterocycles. The predicted molar refractivity (Wildman–Crippen MR) is 48.4 cm³/mol. The maximum Gasteiger partial charge on any atom is 0.247 e. The van der Waals surface area contributed by atoms with Crippen molar-refractivity contribution in [2.75, 3.05) is 26.5 Å². The largest absolute Gasteiger partial charge is 0.382 e. The van der Waals surface area contributed by atoms with Gasteiger partial charge < -0.3 is 25.6 Å². The molecule has 0 radical (unpaired) electrons. The Morgan fingerprint density at radius 3 is 3.07 bits per heavy atom. The number of nitrogens with one attached hydrogen (secondary N) is 1. The van der Waals surface area contributed by atoms with Crippen LogP contribution in [0.3, 0.4) is 0 Å². The Bertz CT molecular complexity index is 182. The molecule has 1 rings (SSSR count). The van der Waals surface area contributed by atoms with Crippen molar-refractivity contribution in [2.45, 2.75) is 18.6 Å². The van der Waals surface area contributed by atoms with Gasteiger partial charge in [-0.1, -0.05) is 0 Å². The standard InChI is InChI=1S/C8H16N2O4/c9-8(12)7(11)4-10-3-6-1-2-13-5-14-6/h6-7,10-11H,1-5H2,(H2,9,12). The summed E-state index contributed by atoms with van der Waals surface area (Å²) >= 11 is 0. The van der Waals surface area contributed by atoms with Gasteiger partial charge in [0.2, 0.25) is 5.91 Å². The van der Waals surface area contributed by atoms with E-state index in [0.717, 1.165) is 6.42 Å². The van der Waals surface area contributed by atoms with Crippen molar-refractivity contribution in [1.29, 1.82) is 0 Å². The maximum atomic E-state index is 10.5. The molecule has 6 heteroatoms. The number of amides is 1. The van der Waals surface area contributed by atoms with E-state index in [0.29, 0.717) is 19.9 Å². The summed E-state index contributed by atoms with van der Waals surface area (Å²) in [5.74, 6) is -0.717. The predicted octanol–water partition coefficient (Wildman–Crippen LogP) is -1.81. The van der Waals surface area contributed by atoms with Crippen LogP contribution in [0.25, 0.3) is 0 Å². The Labute approximate surface area is 82.4 Å². The van der Waals surface area contributed by atoms with E-state index in [2.05, 4.69) is 5.32 Å². The highest BCUT2D eigenvalue weighted by molar-refractivity contribution is 5.78. The summed E-state index contributed by atoms with van der Waals surface area (Å²) in [5, 5.41) is 12.0. The topological polar surface area (TPSA) is 93.8 Å². The van der Waals surface area contributed by atoms with Crippen LogP contribution < -0.4 is 11.1 Å². The quantitative estimate of drug-likeness (QED) is 0.490. The van der Waals surface area contributed by atoms with Crippen molar-refractivity contribution in [3.8, 4) is 0 Å². The molecule has 0 spiro atoms. The van der Waals surface area contributed by atoms with Crippen LogP contribution in [0.15, 0.2) is 0 Å². The van der Waals surface area contributed by atoms with E-state index >= 15 is 0 Å². The van der Waals surface area contributed by atoms with Crippen molar-refractivity contribution in [3.05, 3.63) is 0 Å². The molecule has 0 saturated carbocycles. The molecule has 1 aliphatic rings. The van der Waals surface area contributed by atoms with Gasteiger partial charge in [-0.2, -0.15) is 0 Å². The Balaban J connectivity index is 2.05. The van der Waals surface area contributed by atoms with Gasteiger partial charge in [0, 0.05) is 13.1 Å². The number of ether oxygens (including phenoxy) is 2. The Morgan fingerprint density at radius 1 is 1.71 bits per heavy atom. The molecule has 0 aliphatic carbocycles. The number of hydrogen-bond acceptors (Lipinski definition) is 5. The van der Waals surface area contributed by atoms with Gasteiger partial charge in [0.05, 0.1) is 12.7 Å². The van der Waals surface area contributed by atoms with Crippen molar-refractivity contribution in [3.63, 3.8) is 0 Å². The van der Waals surface area contributed by atoms with Gasteiger partial charge in [0.1, 0.15) is 12.9 Å². The minimum Gasteiger partial charge on any atom is -0.382 e. The van der Waals surface area contributed by atoms with Gasteiger partial charge in [-0.15, -0.1) is 0 Å². The third-order valence-electron chi connectivity index (χ3n) is 2.01. The van der Waals surface area contributed by atoms with Gasteiger partial charge in [-0.3, -0.25) is 4.79 Å². The molecule has 1 saturated heterocycles. The highest BCUT2D eigenvalue weighted by Crippen LogP contribution is 2.04. The number of rotatable bonds is 5. The summed E-state index contributed by atoms with van der Waals surface area (Å²) in [6.45, 7) is 1.75. The van der Waals surface area contributed by atoms with E-state index in [4.69, 9.17) is 20.3 Å². The monoisotopic (exact) mass is 204 g/mol. The zero-order valence-corrected chi connectivity index (χ0v) is 7.94. The van der Waals surface area contributed by atoms with E-state index in [1.807, 2.05) is 0 Å². The highest BCUT2D eigenvalue weighted by atomic mass is 16.7. The van der Waals surface area contributed by atoms with Crippen LogP contribution in [-0.2, 0) is 14.3 Å². The van der Waals surface area contributed by atoms with Gasteiger partial charge in [0.25, 0.3) is 0 Å². The van der Waals surface area contributed by atoms with Crippen LogP contribution in [0.2, 0.25) is 0 Å². The van der Waals surface area contributed by atoms with E-state index in [-0.39, 0.29) is 12.6 Å². The van der Waals surface area contributed by atoms with Crippen molar-refractivity contribution in [2.24, 2.45) is 5.73 Å². The third-order valence-corrected chi connectivity index (χ3v) is 2.01. The first-order chi connectivity index (χ1) is 6.70. The van der Waals surface area contributed by atoms with Crippen LogP contribution in [0.1, 0.15) is 6.42 Å². The summed E-state index contributed by atoms with van der Waals surface area (Å²) in [6.07, 6.45) is -0.224. The summed E-state index contributed by atoms with van der Waals surface area (Å²) in [7, 11) is 0. The van der Waals surface area contributed by atoms with Crippen molar-refractivity contribution >= 4 is 5.91 Å². The number of carbonyl (C=O) groups excluding carboxylic acids is 1. The molecule has 0 bridgehead atoms. The first kappa shape index (κ1) is 11.4. The van der Waals surface area contributed by atoms with Gasteiger partial charge in [-0.05, 0) is 6.42 Å². The minimum atomic E-state index is -1.13. The number of primary amides is 1. The maximum absolute atomic E-state index is 10.5. The van der Waals surface area contributed by atoms with Crippen molar-refractivity contribution in [1.82, 2.24) is 5.32 Å². The second-order valence-corrected chi connectivity index (χ2v) is 3.18. The molecule has 2 atom stereocenters. The van der Waals surface area contributed by atoms with Crippen LogP contribution in [-0.4, -0.2) is 49.7 Å². The molecule has 4 N–H and O–H groups in total. The van der Waals surface area contributed by atoms with Gasteiger partial charge in [-0.25, -0.2) is 0 Å². The molecule has 1 heterocycles. The molecule has 0 aromatic rings. The summed E-state index contributed by atoms with van der Waals surface area (Å²) < 4.78 is 10.2. The lowest BCUT2D eigenvalue weighted by molar-refractivity contribution is -0.138. The van der Waals surface area contributed by atoms with Crippen LogP contribution in [0.5, 0.6) is 0 Å². The molecular weight excluding hydrogens is 188 g/mol. The molecule has 2 unspecified atom stereocenters. The zero-order chi connectivity index (χ0) is 10.4. The smallest absolute Gasteiger partial charge is 0.247 e. The number of nitrogens with two attached hydrogens (primary N) is 1. The summed E-state index contributed by atoms with van der Waals surface area (Å²) in [5.41, 5.74) is 4.88. The molecule has 82 valence electrons. The van der Waals surface area contributed by atoms with Gasteiger partial charge in [0.15, 0.2) is 0 Å². The molecular formula is C8H16N2O4. The first-order valence-corrected chi connectivity index (χ1v) is 4.57. The molecule has 1 amide bonds. The Hall–Kier alpha value is -0.690. The molecule has 14 heavy (non-hydrogen) atoms. The van der Waals surface area contributed by atoms with Crippen LogP contribution >= 0.6 is 0 Å². The van der Waals surface area contributed by atoms with E-state index in [1.54, 1.807) is 0 Å². The second kappa shape index (κ2) is 5.92. The minimum absolute atomic E-state index is 0.0869. The fraction of sp³-hybridized carbons (Fsp3) is 0.875. The fourth-order valence-electron chi connectivity index (χ4n) is 1.14. The van der Waals surface area contributed by atoms with Crippen LogP contribution in [0, 0.1) is 0 Å². The molecule has 6 nitrogen and oxygen atoms in total. The van der Waals surface area contributed by atoms with Crippen molar-refractivity contribution < 1.29 is 19.4 Å². The average Bonchev–Trinajstić information content (AvgIpc) is 2.19. The number of hydrogen-bond donors (Lipinski definition) is 3. The molecule has 0 aromatic carbocycles. The SMILES string of the molecule is NC(=O)C(O)CNCC1CCOCO1. The third kappa shape index (κ3) is 4.01. The summed E-state index contributed by atoms with van der Waals surface area (Å²) in [6, 6.07) is 0.